The van der Waals surface area contributed by atoms with Crippen molar-refractivity contribution in [2.75, 3.05) is 0 Å². The van der Waals surface area contributed by atoms with Gasteiger partial charge in [0.25, 0.3) is 0 Å². The Bertz CT molecular complexity index is 1050. The molecule has 0 saturated heterocycles. The summed E-state index contributed by atoms with van der Waals surface area (Å²) in [6, 6.07) is 19.5. The lowest BCUT2D eigenvalue weighted by Gasteiger charge is -2.02. The Morgan fingerprint density at radius 3 is 2.00 bits per heavy atom. The van der Waals surface area contributed by atoms with Gasteiger partial charge >= 0.3 is 0 Å². The molecule has 0 radical (unpaired) electrons. The second-order valence-electron chi connectivity index (χ2n) is 6.01. The van der Waals surface area contributed by atoms with E-state index >= 15 is 0 Å². The maximum Gasteiger partial charge on any atom is 0.212 e. The Morgan fingerprint density at radius 2 is 1.43 bits per heavy atom. The summed E-state index contributed by atoms with van der Waals surface area (Å²) in [6.45, 7) is 3.85. The van der Waals surface area contributed by atoms with E-state index in [2.05, 4.69) is 43.4 Å². The molecule has 2 aromatic heterocycles. The second kappa shape index (κ2) is 11.9. The number of hydrogen-bond donors (Lipinski definition) is 0. The van der Waals surface area contributed by atoms with Crippen molar-refractivity contribution in [2.24, 2.45) is 0 Å². The van der Waals surface area contributed by atoms with Crippen molar-refractivity contribution >= 4 is 45.9 Å². The van der Waals surface area contributed by atoms with Crippen LogP contribution in [-0.4, -0.2) is 23.4 Å². The van der Waals surface area contributed by atoms with E-state index in [9.17, 15) is 4.21 Å². The van der Waals surface area contributed by atoms with Gasteiger partial charge < -0.3 is 4.18 Å². The molecule has 0 N–H and O–H groups in total. The number of hydrogen-bond acceptors (Lipinski definition) is 9. The molecule has 2 heterocycles. The minimum Gasteiger partial charge on any atom is -0.400 e. The third-order valence-electron chi connectivity index (χ3n) is 3.79. The largest absolute Gasteiger partial charge is 0.400 e. The van der Waals surface area contributed by atoms with E-state index in [-0.39, 0.29) is 0 Å². The van der Waals surface area contributed by atoms with Crippen LogP contribution in [0.2, 0.25) is 0 Å². The fourth-order valence-electron chi connectivity index (χ4n) is 2.15. The van der Waals surface area contributed by atoms with Gasteiger partial charge in [-0.15, -0.1) is 22.0 Å². The molecular formula is C20H20N4O2S4. The van der Waals surface area contributed by atoms with Crippen LogP contribution in [0, 0.1) is 13.8 Å². The van der Waals surface area contributed by atoms with E-state index in [4.69, 9.17) is 4.18 Å². The van der Waals surface area contributed by atoms with Gasteiger partial charge in [0.1, 0.15) is 5.75 Å². The molecule has 1 atom stereocenters. The Hall–Kier alpha value is -2.14. The second-order valence-corrected chi connectivity index (χ2v) is 9.80. The highest BCUT2D eigenvalue weighted by molar-refractivity contribution is 7.98. The summed E-state index contributed by atoms with van der Waals surface area (Å²) in [6.07, 6.45) is 0. The molecule has 2 aromatic carbocycles. The molecule has 1 unspecified atom stereocenters. The highest BCUT2D eigenvalue weighted by Crippen LogP contribution is 2.24. The minimum absolute atomic E-state index is 0.332. The van der Waals surface area contributed by atoms with Crippen molar-refractivity contribution in [2.45, 2.75) is 30.2 Å². The molecule has 0 aliphatic carbocycles. The number of nitrogens with zero attached hydrogens (tertiary/aromatic N) is 4. The molecule has 4 rings (SSSR count). The fourth-order valence-corrected chi connectivity index (χ4v) is 5.57. The van der Waals surface area contributed by atoms with Gasteiger partial charge in [-0.2, -0.15) is 0 Å². The lowest BCUT2D eigenvalue weighted by Crippen LogP contribution is -2.03. The van der Waals surface area contributed by atoms with E-state index < -0.39 is 11.1 Å². The van der Waals surface area contributed by atoms with Crippen molar-refractivity contribution in [3.8, 4) is 5.75 Å². The first-order chi connectivity index (χ1) is 14.6. The Kier molecular flexibility index (Phi) is 8.94. The predicted octanol–water partition coefficient (Wildman–Crippen LogP) is 5.23. The van der Waals surface area contributed by atoms with Crippen molar-refractivity contribution in [1.29, 1.82) is 0 Å². The van der Waals surface area contributed by atoms with Crippen LogP contribution in [-0.2, 0) is 22.6 Å². The van der Waals surface area contributed by atoms with Crippen LogP contribution in [0.5, 0.6) is 5.75 Å². The summed E-state index contributed by atoms with van der Waals surface area (Å²) in [5.74, 6) is 1.90. The smallest absolute Gasteiger partial charge is 0.212 e. The first kappa shape index (κ1) is 22.5. The van der Waals surface area contributed by atoms with Crippen LogP contribution in [0.3, 0.4) is 0 Å². The number of aromatic nitrogens is 4. The average Bonchev–Trinajstić information content (AvgIpc) is 3.36. The lowest BCUT2D eigenvalue weighted by molar-refractivity contribution is 0.561. The lowest BCUT2D eigenvalue weighted by atomic mass is 10.3. The van der Waals surface area contributed by atoms with Gasteiger partial charge in [-0.25, -0.2) is 4.21 Å². The molecule has 0 spiro atoms. The number of rotatable bonds is 7. The maximum atomic E-state index is 11.7. The van der Waals surface area contributed by atoms with Crippen molar-refractivity contribution in [3.63, 3.8) is 0 Å². The highest BCUT2D eigenvalue weighted by Gasteiger charge is 2.09. The monoisotopic (exact) mass is 476 g/mol. The topological polar surface area (TPSA) is 77.9 Å². The first-order valence-corrected chi connectivity index (χ1v) is 12.7. The molecule has 0 aliphatic rings. The van der Waals surface area contributed by atoms with Crippen LogP contribution in [0.15, 0.2) is 65.6 Å². The summed E-state index contributed by atoms with van der Waals surface area (Å²) < 4.78 is 24.6. The third-order valence-corrected chi connectivity index (χ3v) is 7.74. The van der Waals surface area contributed by atoms with E-state index in [1.807, 2.05) is 49.9 Å². The SMILES string of the molecule is Cc1nnsc1CS(=O)Oc1ccccc1.Cc1nnsc1CSc1ccccc1. The summed E-state index contributed by atoms with van der Waals surface area (Å²) in [4.78, 5) is 3.45. The molecule has 0 saturated carbocycles. The maximum absolute atomic E-state index is 11.7. The predicted molar refractivity (Wildman–Crippen MR) is 124 cm³/mol. The zero-order valence-electron chi connectivity index (χ0n) is 16.4. The molecule has 10 heteroatoms. The number of thioether (sulfide) groups is 1. The van der Waals surface area contributed by atoms with Gasteiger partial charge in [0.05, 0.1) is 26.9 Å². The molecule has 0 bridgehead atoms. The zero-order valence-corrected chi connectivity index (χ0v) is 19.7. The van der Waals surface area contributed by atoms with Crippen molar-refractivity contribution < 1.29 is 8.39 Å². The molecule has 0 aliphatic heterocycles. The van der Waals surface area contributed by atoms with Gasteiger partial charge in [0, 0.05) is 10.6 Å². The molecule has 156 valence electrons. The zero-order chi connectivity index (χ0) is 21.2. The highest BCUT2D eigenvalue weighted by atomic mass is 32.2. The molecule has 30 heavy (non-hydrogen) atoms. The number of aryl methyl sites for hydroxylation is 2. The first-order valence-electron chi connectivity index (χ1n) is 8.97. The summed E-state index contributed by atoms with van der Waals surface area (Å²) >= 11 is 3.18. The van der Waals surface area contributed by atoms with Crippen LogP contribution >= 0.6 is 34.8 Å². The molecule has 0 amide bonds. The van der Waals surface area contributed by atoms with Crippen LogP contribution in [0.4, 0.5) is 0 Å². The van der Waals surface area contributed by atoms with Crippen molar-refractivity contribution in [1.82, 2.24) is 19.2 Å². The standard InChI is InChI=1S/C10H10N2O2S2.C10H10N2S2/c1-8-10(15-12-11-8)7-16(13)14-9-5-3-2-4-6-9;1-8-10(14-12-11-8)7-13-9-5-3-2-4-6-9/h2-6H,7H2,1H3;2-6H,7H2,1H3. The summed E-state index contributed by atoms with van der Waals surface area (Å²) in [5.41, 5.74) is 1.87. The summed E-state index contributed by atoms with van der Waals surface area (Å²) in [7, 11) is 0. The van der Waals surface area contributed by atoms with Crippen LogP contribution in [0.25, 0.3) is 0 Å². The van der Waals surface area contributed by atoms with Gasteiger partial charge in [-0.3, -0.25) is 0 Å². The Balaban J connectivity index is 0.000000172. The van der Waals surface area contributed by atoms with Crippen LogP contribution in [0.1, 0.15) is 21.1 Å². The molecular weight excluding hydrogens is 457 g/mol. The fraction of sp³-hybridized carbons (Fsp3) is 0.200. The van der Waals surface area contributed by atoms with Crippen molar-refractivity contribution in [3.05, 3.63) is 81.8 Å². The van der Waals surface area contributed by atoms with Gasteiger partial charge in [0.15, 0.2) is 0 Å². The van der Waals surface area contributed by atoms with Gasteiger partial charge in [-0.1, -0.05) is 45.4 Å². The normalized spacial score (nSPS) is 11.4. The summed E-state index contributed by atoms with van der Waals surface area (Å²) in [5, 5.41) is 7.84. The third kappa shape index (κ3) is 7.28. The molecule has 0 fully saturated rings. The van der Waals surface area contributed by atoms with E-state index in [1.54, 1.807) is 12.1 Å². The van der Waals surface area contributed by atoms with Gasteiger partial charge in [0.2, 0.25) is 11.1 Å². The van der Waals surface area contributed by atoms with Gasteiger partial charge in [-0.05, 0) is 61.2 Å². The Labute approximate surface area is 190 Å². The number of benzene rings is 2. The molecule has 6 nitrogen and oxygen atoms in total. The quantitative estimate of drug-likeness (QED) is 0.338. The van der Waals surface area contributed by atoms with E-state index in [0.29, 0.717) is 11.5 Å². The average molecular weight is 477 g/mol. The van der Waals surface area contributed by atoms with E-state index in [1.165, 1.54) is 32.8 Å². The van der Waals surface area contributed by atoms with E-state index in [0.717, 1.165) is 22.0 Å². The number of para-hydroxylation sites is 1. The minimum atomic E-state index is -1.38. The molecule has 4 aromatic rings. The Morgan fingerprint density at radius 1 is 0.867 bits per heavy atom. The van der Waals surface area contributed by atoms with Crippen LogP contribution < -0.4 is 4.18 Å².